The van der Waals surface area contributed by atoms with Crippen LogP contribution in [-0.4, -0.2) is 32.7 Å². The molecule has 5 nitrogen and oxygen atoms in total. The molecule has 13 heavy (non-hydrogen) atoms. The van der Waals surface area contributed by atoms with E-state index < -0.39 is 0 Å². The summed E-state index contributed by atoms with van der Waals surface area (Å²) in [5.74, 6) is 0. The van der Waals surface area contributed by atoms with Gasteiger partial charge in [-0.3, -0.25) is 0 Å². The number of aromatic nitrogens is 3. The van der Waals surface area contributed by atoms with Crippen molar-refractivity contribution in [3.8, 4) is 0 Å². The molecule has 1 rings (SSSR count). The molecule has 0 aliphatic carbocycles. The van der Waals surface area contributed by atoms with E-state index in [0.29, 0.717) is 6.54 Å². The van der Waals surface area contributed by atoms with E-state index in [-0.39, 0.29) is 6.10 Å². The average Bonchev–Trinajstić information content (AvgIpc) is 2.48. The number of rotatable bonds is 5. The molecule has 0 spiro atoms. The fourth-order valence-corrected chi connectivity index (χ4v) is 1.03. The van der Waals surface area contributed by atoms with Crippen molar-refractivity contribution < 1.29 is 5.11 Å². The molecule has 1 unspecified atom stereocenters. The predicted molar refractivity (Wildman–Crippen MR) is 49.1 cm³/mol. The number of aliphatic hydroxyl groups excluding tert-OH is 1. The van der Waals surface area contributed by atoms with E-state index in [4.69, 9.17) is 5.11 Å². The van der Waals surface area contributed by atoms with Crippen LogP contribution in [0.25, 0.3) is 0 Å². The Balaban J connectivity index is 2.44. The summed E-state index contributed by atoms with van der Waals surface area (Å²) >= 11 is 0. The van der Waals surface area contributed by atoms with Gasteiger partial charge in [0.2, 0.25) is 0 Å². The molecule has 0 aromatic carbocycles. The summed E-state index contributed by atoms with van der Waals surface area (Å²) in [6, 6.07) is 0. The second kappa shape index (κ2) is 4.94. The summed E-state index contributed by atoms with van der Waals surface area (Å²) in [5, 5.41) is 20.1. The molecule has 0 fully saturated rings. The van der Waals surface area contributed by atoms with Gasteiger partial charge < -0.3 is 10.4 Å². The first kappa shape index (κ1) is 10.1. The Bertz CT molecular complexity index is 246. The van der Waals surface area contributed by atoms with Gasteiger partial charge in [0.05, 0.1) is 18.3 Å². The van der Waals surface area contributed by atoms with Crippen LogP contribution >= 0.6 is 0 Å². The molecule has 1 aromatic heterocycles. The second-order valence-electron chi connectivity index (χ2n) is 3.06. The average molecular weight is 184 g/mol. The van der Waals surface area contributed by atoms with Gasteiger partial charge in [0, 0.05) is 12.7 Å². The summed E-state index contributed by atoms with van der Waals surface area (Å²) in [6.07, 6.45) is 1.46. The molecular weight excluding hydrogens is 168 g/mol. The van der Waals surface area contributed by atoms with Crippen LogP contribution in [0.5, 0.6) is 0 Å². The molecule has 74 valence electrons. The molecule has 0 saturated carbocycles. The van der Waals surface area contributed by atoms with Crippen molar-refractivity contribution in [1.82, 2.24) is 20.3 Å². The first-order valence-corrected chi connectivity index (χ1v) is 4.50. The van der Waals surface area contributed by atoms with E-state index in [1.54, 1.807) is 11.6 Å². The Labute approximate surface area is 77.8 Å². The first-order valence-electron chi connectivity index (χ1n) is 4.50. The molecule has 1 atom stereocenters. The maximum absolute atomic E-state index is 9.09. The van der Waals surface area contributed by atoms with E-state index in [9.17, 15) is 0 Å². The Morgan fingerprint density at radius 1 is 1.69 bits per heavy atom. The van der Waals surface area contributed by atoms with Crippen LogP contribution in [0.4, 0.5) is 0 Å². The zero-order valence-electron chi connectivity index (χ0n) is 8.06. The van der Waals surface area contributed by atoms with Crippen molar-refractivity contribution in [3.63, 3.8) is 0 Å². The largest absolute Gasteiger partial charge is 0.391 e. The van der Waals surface area contributed by atoms with E-state index in [2.05, 4.69) is 15.6 Å². The summed E-state index contributed by atoms with van der Waals surface area (Å²) < 4.78 is 1.65. The predicted octanol–water partition coefficient (Wildman–Crippen LogP) is -0.232. The van der Waals surface area contributed by atoms with Crippen LogP contribution < -0.4 is 5.32 Å². The molecule has 0 bridgehead atoms. The highest BCUT2D eigenvalue weighted by atomic mass is 16.3. The van der Waals surface area contributed by atoms with Gasteiger partial charge in [-0.1, -0.05) is 12.1 Å². The third kappa shape index (κ3) is 3.52. The maximum atomic E-state index is 9.09. The minimum atomic E-state index is -0.381. The van der Waals surface area contributed by atoms with Gasteiger partial charge in [-0.2, -0.15) is 0 Å². The molecule has 5 heteroatoms. The van der Waals surface area contributed by atoms with Gasteiger partial charge in [-0.15, -0.1) is 5.10 Å². The molecule has 0 radical (unpaired) electrons. The molecule has 0 amide bonds. The minimum absolute atomic E-state index is 0.381. The highest BCUT2D eigenvalue weighted by molar-refractivity contribution is 4.91. The lowest BCUT2D eigenvalue weighted by Crippen LogP contribution is -2.13. The fraction of sp³-hybridized carbons (Fsp3) is 0.750. The van der Waals surface area contributed by atoms with Gasteiger partial charge in [-0.05, 0) is 13.5 Å². The number of hydrogen-bond donors (Lipinski definition) is 2. The SMILES string of the molecule is CCNCc1cn(CC(C)O)nn1. The van der Waals surface area contributed by atoms with Gasteiger partial charge >= 0.3 is 0 Å². The maximum Gasteiger partial charge on any atom is 0.0964 e. The van der Waals surface area contributed by atoms with E-state index >= 15 is 0 Å². The van der Waals surface area contributed by atoms with E-state index in [1.807, 2.05) is 13.1 Å². The lowest BCUT2D eigenvalue weighted by atomic mass is 10.4. The lowest BCUT2D eigenvalue weighted by Gasteiger charge is -2.01. The standard InChI is InChI=1S/C8H16N4O/c1-3-9-4-8-6-12(11-10-8)5-7(2)13/h6-7,9,13H,3-5H2,1-2H3. The van der Waals surface area contributed by atoms with Crippen molar-refractivity contribution >= 4 is 0 Å². The smallest absolute Gasteiger partial charge is 0.0964 e. The first-order chi connectivity index (χ1) is 6.22. The van der Waals surface area contributed by atoms with Crippen molar-refractivity contribution in [2.75, 3.05) is 6.54 Å². The number of nitrogens with zero attached hydrogens (tertiary/aromatic N) is 3. The Morgan fingerprint density at radius 2 is 2.46 bits per heavy atom. The number of hydrogen-bond acceptors (Lipinski definition) is 4. The lowest BCUT2D eigenvalue weighted by molar-refractivity contribution is 0.167. The Morgan fingerprint density at radius 3 is 3.08 bits per heavy atom. The fourth-order valence-electron chi connectivity index (χ4n) is 1.03. The molecule has 0 aliphatic rings. The topological polar surface area (TPSA) is 63.0 Å². The summed E-state index contributed by atoms with van der Waals surface area (Å²) in [4.78, 5) is 0. The van der Waals surface area contributed by atoms with Crippen LogP contribution in [0.2, 0.25) is 0 Å². The molecular formula is C8H16N4O. The highest BCUT2D eigenvalue weighted by Gasteiger charge is 2.01. The normalized spacial score (nSPS) is 13.2. The van der Waals surface area contributed by atoms with Crippen molar-refractivity contribution in [2.24, 2.45) is 0 Å². The number of aliphatic hydroxyl groups is 1. The zero-order valence-corrected chi connectivity index (χ0v) is 8.06. The van der Waals surface area contributed by atoms with Crippen LogP contribution in [0.15, 0.2) is 6.20 Å². The minimum Gasteiger partial charge on any atom is -0.391 e. The van der Waals surface area contributed by atoms with Crippen LogP contribution in [0.1, 0.15) is 19.5 Å². The van der Waals surface area contributed by atoms with Crippen molar-refractivity contribution in [3.05, 3.63) is 11.9 Å². The Kier molecular flexibility index (Phi) is 3.85. The molecule has 1 heterocycles. The zero-order chi connectivity index (χ0) is 9.68. The van der Waals surface area contributed by atoms with Gasteiger partial charge in [0.25, 0.3) is 0 Å². The third-order valence-electron chi connectivity index (χ3n) is 1.59. The molecule has 1 aromatic rings. The highest BCUT2D eigenvalue weighted by Crippen LogP contribution is 1.94. The second-order valence-corrected chi connectivity index (χ2v) is 3.06. The van der Waals surface area contributed by atoms with E-state index in [0.717, 1.165) is 18.8 Å². The van der Waals surface area contributed by atoms with Crippen molar-refractivity contribution in [1.29, 1.82) is 0 Å². The third-order valence-corrected chi connectivity index (χ3v) is 1.59. The molecule has 0 saturated heterocycles. The summed E-state index contributed by atoms with van der Waals surface area (Å²) in [5.41, 5.74) is 0.905. The van der Waals surface area contributed by atoms with Gasteiger partial charge in [0.1, 0.15) is 0 Å². The monoisotopic (exact) mass is 184 g/mol. The van der Waals surface area contributed by atoms with Gasteiger partial charge in [0.15, 0.2) is 0 Å². The summed E-state index contributed by atoms with van der Waals surface area (Å²) in [6.45, 7) is 5.92. The van der Waals surface area contributed by atoms with Crippen LogP contribution in [-0.2, 0) is 13.1 Å². The molecule has 0 aliphatic heterocycles. The quantitative estimate of drug-likeness (QED) is 0.663. The van der Waals surface area contributed by atoms with Gasteiger partial charge in [-0.25, -0.2) is 4.68 Å². The van der Waals surface area contributed by atoms with Crippen molar-refractivity contribution in [2.45, 2.75) is 33.0 Å². The van der Waals surface area contributed by atoms with E-state index in [1.165, 1.54) is 0 Å². The van der Waals surface area contributed by atoms with Crippen LogP contribution in [0.3, 0.4) is 0 Å². The molecule has 2 N–H and O–H groups in total. The number of nitrogens with one attached hydrogen (secondary N) is 1. The Hall–Kier alpha value is -0.940. The van der Waals surface area contributed by atoms with Crippen LogP contribution in [0, 0.1) is 0 Å². The summed E-state index contributed by atoms with van der Waals surface area (Å²) in [7, 11) is 0.